The molecule has 8 heteroatoms. The molecule has 0 aromatic rings. The Kier molecular flexibility index (Phi) is 7.45. The maximum Gasteiger partial charge on any atom is 0.212 e. The third-order valence-electron chi connectivity index (χ3n) is 2.08. The summed E-state index contributed by atoms with van der Waals surface area (Å²) in [7, 11) is -3.64. The van der Waals surface area contributed by atoms with Crippen molar-refractivity contribution in [3.8, 4) is 0 Å². The van der Waals surface area contributed by atoms with Crippen LogP contribution in [0.1, 0.15) is 12.8 Å². The molecule has 98 valence electrons. The van der Waals surface area contributed by atoms with Crippen molar-refractivity contribution in [1.82, 2.24) is 4.72 Å². The lowest BCUT2D eigenvalue weighted by atomic mass is 10.1. The third kappa shape index (κ3) is 5.42. The van der Waals surface area contributed by atoms with Crippen molar-refractivity contribution in [2.24, 2.45) is 0 Å². The van der Waals surface area contributed by atoms with Gasteiger partial charge in [0, 0.05) is 5.88 Å². The molecule has 0 aromatic heterocycles. The largest absolute Gasteiger partial charge is 0.394 e. The number of aliphatic hydroxyl groups excluding tert-OH is 3. The Morgan fingerprint density at radius 1 is 1.06 bits per heavy atom. The molecule has 0 bridgehead atoms. The maximum atomic E-state index is 11.5. The first kappa shape index (κ1) is 16.1. The van der Waals surface area contributed by atoms with E-state index < -0.39 is 35.4 Å². The molecule has 0 aliphatic carbocycles. The average Bonchev–Trinajstić information content (AvgIpc) is 2.26. The van der Waals surface area contributed by atoms with Gasteiger partial charge in [0.05, 0.1) is 25.6 Å². The van der Waals surface area contributed by atoms with Crippen LogP contribution >= 0.6 is 11.6 Å². The van der Waals surface area contributed by atoms with E-state index in [0.717, 1.165) is 0 Å². The van der Waals surface area contributed by atoms with Crippen molar-refractivity contribution in [3.63, 3.8) is 0 Å². The highest BCUT2D eigenvalue weighted by atomic mass is 35.5. The number of aliphatic hydroxyl groups is 3. The summed E-state index contributed by atoms with van der Waals surface area (Å²) in [5.41, 5.74) is -1.60. The van der Waals surface area contributed by atoms with Crippen molar-refractivity contribution in [2.75, 3.05) is 31.5 Å². The van der Waals surface area contributed by atoms with Gasteiger partial charge in [-0.2, -0.15) is 0 Å². The zero-order valence-electron chi connectivity index (χ0n) is 8.89. The number of unbranched alkanes of at least 4 members (excludes halogenated alkanes) is 1. The highest BCUT2D eigenvalue weighted by Crippen LogP contribution is 2.06. The van der Waals surface area contributed by atoms with E-state index in [0.29, 0.717) is 18.7 Å². The van der Waals surface area contributed by atoms with Gasteiger partial charge in [-0.1, -0.05) is 0 Å². The lowest BCUT2D eigenvalue weighted by Crippen LogP contribution is -2.57. The van der Waals surface area contributed by atoms with Crippen molar-refractivity contribution in [3.05, 3.63) is 0 Å². The first-order valence-electron chi connectivity index (χ1n) is 4.85. The van der Waals surface area contributed by atoms with Crippen LogP contribution in [0.15, 0.2) is 0 Å². The number of nitrogens with one attached hydrogen (secondary N) is 1. The first-order chi connectivity index (χ1) is 7.45. The smallest absolute Gasteiger partial charge is 0.212 e. The summed E-state index contributed by atoms with van der Waals surface area (Å²) in [5, 5.41) is 26.8. The van der Waals surface area contributed by atoms with Crippen LogP contribution in [-0.2, 0) is 10.0 Å². The van der Waals surface area contributed by atoms with Gasteiger partial charge in [-0.15, -0.1) is 11.6 Å². The molecule has 0 radical (unpaired) electrons. The van der Waals surface area contributed by atoms with Gasteiger partial charge >= 0.3 is 0 Å². The Hall–Kier alpha value is 0.0800. The predicted octanol–water partition coefficient (Wildman–Crippen LogP) is -1.36. The molecule has 0 fully saturated rings. The Bertz CT molecular complexity index is 270. The van der Waals surface area contributed by atoms with E-state index in [1.54, 1.807) is 0 Å². The van der Waals surface area contributed by atoms with Gasteiger partial charge in [-0.25, -0.2) is 13.1 Å². The average molecular weight is 276 g/mol. The van der Waals surface area contributed by atoms with Crippen LogP contribution in [0.5, 0.6) is 0 Å². The van der Waals surface area contributed by atoms with Crippen LogP contribution in [0.3, 0.4) is 0 Å². The minimum Gasteiger partial charge on any atom is -0.394 e. The zero-order valence-corrected chi connectivity index (χ0v) is 10.5. The van der Waals surface area contributed by atoms with Gasteiger partial charge < -0.3 is 15.3 Å². The Labute approximate surface area is 100 Å². The van der Waals surface area contributed by atoms with Crippen LogP contribution in [0.25, 0.3) is 0 Å². The quantitative estimate of drug-likeness (QED) is 0.307. The van der Waals surface area contributed by atoms with Crippen LogP contribution in [0.2, 0.25) is 0 Å². The lowest BCUT2D eigenvalue weighted by Gasteiger charge is -2.28. The van der Waals surface area contributed by atoms with Gasteiger partial charge in [0.25, 0.3) is 0 Å². The lowest BCUT2D eigenvalue weighted by molar-refractivity contribution is 0.0582. The van der Waals surface area contributed by atoms with Gasteiger partial charge in [0.2, 0.25) is 10.0 Å². The minimum atomic E-state index is -3.64. The predicted molar refractivity (Wildman–Crippen MR) is 60.9 cm³/mol. The minimum absolute atomic E-state index is 0.151. The zero-order chi connectivity index (χ0) is 12.7. The second-order valence-electron chi connectivity index (χ2n) is 3.57. The van der Waals surface area contributed by atoms with E-state index in [4.69, 9.17) is 26.9 Å². The molecule has 0 aromatic carbocycles. The summed E-state index contributed by atoms with van der Waals surface area (Å²) in [6.45, 7) is -2.02. The number of hydrogen-bond acceptors (Lipinski definition) is 5. The van der Waals surface area contributed by atoms with E-state index in [9.17, 15) is 8.42 Å². The second kappa shape index (κ2) is 7.41. The third-order valence-corrected chi connectivity index (χ3v) is 3.91. The number of sulfonamides is 1. The van der Waals surface area contributed by atoms with Gasteiger partial charge in [0.15, 0.2) is 0 Å². The molecular weight excluding hydrogens is 258 g/mol. The topological polar surface area (TPSA) is 107 Å². The molecule has 0 unspecified atom stereocenters. The SMILES string of the molecule is O=S(=O)(CCCCCl)NC(CO)(CO)CO. The molecule has 0 saturated heterocycles. The fourth-order valence-corrected chi connectivity index (χ4v) is 2.74. The summed E-state index contributed by atoms with van der Waals surface area (Å²) in [6, 6.07) is 0. The molecule has 0 atom stereocenters. The summed E-state index contributed by atoms with van der Waals surface area (Å²) >= 11 is 5.41. The van der Waals surface area contributed by atoms with Crippen LogP contribution < -0.4 is 4.72 Å². The Balaban J connectivity index is 4.42. The molecule has 0 amide bonds. The summed E-state index contributed by atoms with van der Waals surface area (Å²) < 4.78 is 25.1. The van der Waals surface area contributed by atoms with E-state index >= 15 is 0 Å². The Morgan fingerprint density at radius 2 is 1.56 bits per heavy atom. The van der Waals surface area contributed by atoms with Crippen LogP contribution in [0.4, 0.5) is 0 Å². The molecule has 0 aliphatic heterocycles. The molecule has 16 heavy (non-hydrogen) atoms. The van der Waals surface area contributed by atoms with Crippen LogP contribution in [-0.4, -0.2) is 60.7 Å². The van der Waals surface area contributed by atoms with Crippen molar-refractivity contribution >= 4 is 21.6 Å². The Morgan fingerprint density at radius 3 is 1.94 bits per heavy atom. The van der Waals surface area contributed by atoms with Gasteiger partial charge in [-0.05, 0) is 12.8 Å². The number of rotatable bonds is 9. The molecule has 0 saturated carbocycles. The highest BCUT2D eigenvalue weighted by molar-refractivity contribution is 7.89. The number of hydrogen-bond donors (Lipinski definition) is 4. The number of alkyl halides is 1. The summed E-state index contributed by atoms with van der Waals surface area (Å²) in [5.74, 6) is 0.224. The molecule has 4 N–H and O–H groups in total. The van der Waals surface area contributed by atoms with Crippen LogP contribution in [0, 0.1) is 0 Å². The normalized spacial score (nSPS) is 13.0. The standard InChI is InChI=1S/C8H18ClNO5S/c9-3-1-2-4-16(14,15)10-8(5-11,6-12)7-13/h10-13H,1-7H2. The van der Waals surface area contributed by atoms with E-state index in [-0.39, 0.29) is 5.75 Å². The molecule has 6 nitrogen and oxygen atoms in total. The van der Waals surface area contributed by atoms with E-state index in [2.05, 4.69) is 4.72 Å². The molecule has 0 spiro atoms. The van der Waals surface area contributed by atoms with E-state index in [1.165, 1.54) is 0 Å². The fourth-order valence-electron chi connectivity index (χ4n) is 1.01. The second-order valence-corrected chi connectivity index (χ2v) is 5.79. The monoisotopic (exact) mass is 275 g/mol. The molecule has 0 heterocycles. The molecule has 0 rings (SSSR count). The fraction of sp³-hybridized carbons (Fsp3) is 1.00. The van der Waals surface area contributed by atoms with E-state index in [1.807, 2.05) is 0 Å². The number of halogens is 1. The molecule has 0 aliphatic rings. The highest BCUT2D eigenvalue weighted by Gasteiger charge is 2.32. The van der Waals surface area contributed by atoms with Crippen molar-refractivity contribution in [1.29, 1.82) is 0 Å². The van der Waals surface area contributed by atoms with Crippen molar-refractivity contribution in [2.45, 2.75) is 18.4 Å². The van der Waals surface area contributed by atoms with Crippen molar-refractivity contribution < 1.29 is 23.7 Å². The summed E-state index contributed by atoms with van der Waals surface area (Å²) in [6.07, 6.45) is 0.948. The molecular formula is C8H18ClNO5S. The van der Waals surface area contributed by atoms with Gasteiger partial charge in [-0.3, -0.25) is 0 Å². The first-order valence-corrected chi connectivity index (χ1v) is 7.04. The summed E-state index contributed by atoms with van der Waals surface area (Å²) in [4.78, 5) is 0. The van der Waals surface area contributed by atoms with Gasteiger partial charge in [0.1, 0.15) is 5.54 Å². The maximum absolute atomic E-state index is 11.5.